The summed E-state index contributed by atoms with van der Waals surface area (Å²) in [5, 5.41) is 3.04. The monoisotopic (exact) mass is 387 g/mol. The Morgan fingerprint density at radius 3 is 2.71 bits per heavy atom. The molecule has 0 saturated heterocycles. The van der Waals surface area contributed by atoms with Crippen LogP contribution in [0, 0.1) is 11.8 Å². The van der Waals surface area contributed by atoms with Crippen LogP contribution in [0.4, 0.5) is 0 Å². The number of ether oxygens (including phenoxy) is 3. The fourth-order valence-corrected chi connectivity index (χ4v) is 3.68. The molecule has 1 amide bonds. The maximum Gasteiger partial charge on any atom is 0.331 e. The third kappa shape index (κ3) is 5.06. The van der Waals surface area contributed by atoms with Crippen LogP contribution in [-0.4, -0.2) is 37.2 Å². The fraction of sp³-hybridized carbons (Fsp3) is 0.545. The third-order valence-electron chi connectivity index (χ3n) is 5.67. The first kappa shape index (κ1) is 20.2. The molecule has 28 heavy (non-hydrogen) atoms. The van der Waals surface area contributed by atoms with E-state index < -0.39 is 12.1 Å². The van der Waals surface area contributed by atoms with Gasteiger partial charge in [0.2, 0.25) is 0 Å². The molecule has 6 heteroatoms. The second kappa shape index (κ2) is 9.13. The van der Waals surface area contributed by atoms with Gasteiger partial charge in [0.25, 0.3) is 5.91 Å². The summed E-state index contributed by atoms with van der Waals surface area (Å²) in [4.78, 5) is 24.5. The smallest absolute Gasteiger partial charge is 0.331 e. The molecule has 1 aliphatic heterocycles. The number of fused-ring (bicyclic) bond motifs is 1. The Labute approximate surface area is 166 Å². The van der Waals surface area contributed by atoms with Gasteiger partial charge >= 0.3 is 5.97 Å². The number of amides is 1. The van der Waals surface area contributed by atoms with E-state index in [0.717, 1.165) is 18.4 Å². The standard InChI is InChI=1S/C22H29NO5/c1-14-5-4-6-18(15(14)2)23-22(25)16(3)28-21(24)10-8-17-7-9-19-20(13-17)27-12-11-26-19/h7-10,13-16,18H,4-6,11-12H2,1-3H3,(H,23,25)/b10-8+/t14-,15+,16+,18+/m0/s1. The first-order valence-corrected chi connectivity index (χ1v) is 10.0. The Kier molecular flexibility index (Phi) is 6.60. The van der Waals surface area contributed by atoms with Crippen molar-refractivity contribution in [2.24, 2.45) is 11.8 Å². The molecular weight excluding hydrogens is 358 g/mol. The number of benzene rings is 1. The normalized spacial score (nSPS) is 25.2. The summed E-state index contributed by atoms with van der Waals surface area (Å²) in [7, 11) is 0. The first-order valence-electron chi connectivity index (χ1n) is 10.0. The zero-order valence-electron chi connectivity index (χ0n) is 16.8. The lowest BCUT2D eigenvalue weighted by molar-refractivity contribution is -0.150. The lowest BCUT2D eigenvalue weighted by Crippen LogP contribution is -2.47. The zero-order chi connectivity index (χ0) is 20.1. The average molecular weight is 387 g/mol. The molecule has 6 nitrogen and oxygen atoms in total. The predicted octanol–water partition coefficient (Wildman–Crippen LogP) is 3.34. The van der Waals surface area contributed by atoms with Crippen LogP contribution >= 0.6 is 0 Å². The van der Waals surface area contributed by atoms with Crippen LogP contribution in [0.2, 0.25) is 0 Å². The summed E-state index contributed by atoms with van der Waals surface area (Å²) < 4.78 is 16.3. The second-order valence-corrected chi connectivity index (χ2v) is 7.70. The summed E-state index contributed by atoms with van der Waals surface area (Å²) in [5.74, 6) is 1.57. The molecule has 0 radical (unpaired) electrons. The Balaban J connectivity index is 1.51. The van der Waals surface area contributed by atoms with E-state index in [0.29, 0.717) is 36.5 Å². The molecule has 1 fully saturated rings. The third-order valence-corrected chi connectivity index (χ3v) is 5.67. The molecule has 1 saturated carbocycles. The van der Waals surface area contributed by atoms with Gasteiger partial charge in [-0.3, -0.25) is 4.79 Å². The lowest BCUT2D eigenvalue weighted by Gasteiger charge is -2.35. The largest absolute Gasteiger partial charge is 0.486 e. The highest BCUT2D eigenvalue weighted by molar-refractivity contribution is 5.90. The SMILES string of the molecule is C[C@@H]1[C@@H](C)CCC[C@H]1NC(=O)[C@@H](C)OC(=O)/C=C/c1ccc2c(c1)OCCO2. The number of carbonyl (C=O) groups is 2. The van der Waals surface area contributed by atoms with E-state index in [2.05, 4.69) is 19.2 Å². The number of esters is 1. The summed E-state index contributed by atoms with van der Waals surface area (Å²) in [6.45, 7) is 7.03. The minimum atomic E-state index is -0.832. The van der Waals surface area contributed by atoms with E-state index in [1.807, 2.05) is 12.1 Å². The Bertz CT molecular complexity index is 744. The molecule has 0 aromatic heterocycles. The highest BCUT2D eigenvalue weighted by Gasteiger charge is 2.29. The molecule has 4 atom stereocenters. The molecule has 2 aliphatic rings. The molecular formula is C22H29NO5. The van der Waals surface area contributed by atoms with Crippen molar-refractivity contribution in [3.8, 4) is 11.5 Å². The minimum Gasteiger partial charge on any atom is -0.486 e. The van der Waals surface area contributed by atoms with Gasteiger partial charge < -0.3 is 19.5 Å². The molecule has 1 aromatic carbocycles. The van der Waals surface area contributed by atoms with Crippen LogP contribution in [0.15, 0.2) is 24.3 Å². The number of rotatable bonds is 5. The summed E-state index contributed by atoms with van der Waals surface area (Å²) in [6.07, 6.45) is 5.41. The predicted molar refractivity (Wildman–Crippen MR) is 106 cm³/mol. The Morgan fingerprint density at radius 1 is 1.18 bits per heavy atom. The van der Waals surface area contributed by atoms with Crippen molar-refractivity contribution in [3.05, 3.63) is 29.8 Å². The van der Waals surface area contributed by atoms with Crippen molar-refractivity contribution in [2.45, 2.75) is 52.2 Å². The molecule has 0 unspecified atom stereocenters. The van der Waals surface area contributed by atoms with Crippen molar-refractivity contribution in [1.82, 2.24) is 5.32 Å². The Hall–Kier alpha value is -2.50. The maximum atomic E-state index is 12.4. The summed E-state index contributed by atoms with van der Waals surface area (Å²) in [6, 6.07) is 5.59. The first-order chi connectivity index (χ1) is 13.4. The van der Waals surface area contributed by atoms with Gasteiger partial charge in [0.05, 0.1) is 0 Å². The van der Waals surface area contributed by atoms with Gasteiger partial charge in [-0.25, -0.2) is 4.79 Å². The van der Waals surface area contributed by atoms with Crippen molar-refractivity contribution >= 4 is 18.0 Å². The number of hydrogen-bond acceptors (Lipinski definition) is 5. The van der Waals surface area contributed by atoms with Crippen molar-refractivity contribution in [1.29, 1.82) is 0 Å². The van der Waals surface area contributed by atoms with E-state index in [-0.39, 0.29) is 11.9 Å². The molecule has 152 valence electrons. The van der Waals surface area contributed by atoms with Crippen molar-refractivity contribution in [3.63, 3.8) is 0 Å². The zero-order valence-corrected chi connectivity index (χ0v) is 16.8. The van der Waals surface area contributed by atoms with Crippen LogP contribution in [0.1, 0.15) is 45.6 Å². The summed E-state index contributed by atoms with van der Waals surface area (Å²) >= 11 is 0. The topological polar surface area (TPSA) is 73.9 Å². The molecule has 1 aliphatic carbocycles. The molecule has 1 N–H and O–H groups in total. The number of hydrogen-bond donors (Lipinski definition) is 1. The molecule has 0 spiro atoms. The van der Waals surface area contributed by atoms with E-state index in [1.165, 1.54) is 12.5 Å². The van der Waals surface area contributed by atoms with Crippen molar-refractivity contribution < 1.29 is 23.8 Å². The van der Waals surface area contributed by atoms with Gasteiger partial charge in [0.1, 0.15) is 13.2 Å². The number of carbonyl (C=O) groups excluding carboxylic acids is 2. The Morgan fingerprint density at radius 2 is 1.93 bits per heavy atom. The average Bonchev–Trinajstić information content (AvgIpc) is 2.69. The van der Waals surface area contributed by atoms with Crippen LogP contribution in [-0.2, 0) is 14.3 Å². The maximum absolute atomic E-state index is 12.4. The number of nitrogens with one attached hydrogen (secondary N) is 1. The minimum absolute atomic E-state index is 0.144. The second-order valence-electron chi connectivity index (χ2n) is 7.70. The quantitative estimate of drug-likeness (QED) is 0.620. The molecule has 0 bridgehead atoms. The van der Waals surface area contributed by atoms with Gasteiger partial charge in [-0.05, 0) is 49.0 Å². The van der Waals surface area contributed by atoms with Crippen LogP contribution in [0.25, 0.3) is 6.08 Å². The highest BCUT2D eigenvalue weighted by atomic mass is 16.6. The molecule has 3 rings (SSSR count). The molecule has 1 aromatic rings. The van der Waals surface area contributed by atoms with Crippen LogP contribution in [0.3, 0.4) is 0 Å². The van der Waals surface area contributed by atoms with E-state index >= 15 is 0 Å². The van der Waals surface area contributed by atoms with E-state index in [1.54, 1.807) is 19.1 Å². The highest BCUT2D eigenvalue weighted by Crippen LogP contribution is 2.31. The van der Waals surface area contributed by atoms with Crippen LogP contribution < -0.4 is 14.8 Å². The van der Waals surface area contributed by atoms with E-state index in [4.69, 9.17) is 14.2 Å². The van der Waals surface area contributed by atoms with Crippen molar-refractivity contribution in [2.75, 3.05) is 13.2 Å². The summed E-state index contributed by atoms with van der Waals surface area (Å²) in [5.41, 5.74) is 0.795. The lowest BCUT2D eigenvalue weighted by atomic mass is 9.78. The fourth-order valence-electron chi connectivity index (χ4n) is 3.68. The van der Waals surface area contributed by atoms with Gasteiger partial charge in [0, 0.05) is 12.1 Å². The molecule has 1 heterocycles. The van der Waals surface area contributed by atoms with Gasteiger partial charge in [-0.1, -0.05) is 32.8 Å². The van der Waals surface area contributed by atoms with E-state index in [9.17, 15) is 9.59 Å². The van der Waals surface area contributed by atoms with Gasteiger partial charge in [-0.15, -0.1) is 0 Å². The van der Waals surface area contributed by atoms with Gasteiger partial charge in [0.15, 0.2) is 17.6 Å². The van der Waals surface area contributed by atoms with Gasteiger partial charge in [-0.2, -0.15) is 0 Å². The van der Waals surface area contributed by atoms with Crippen LogP contribution in [0.5, 0.6) is 11.5 Å².